The van der Waals surface area contributed by atoms with Crippen molar-refractivity contribution in [3.8, 4) is 5.75 Å². The first-order valence-corrected chi connectivity index (χ1v) is 15.1. The largest absolute Gasteiger partial charge is 0.479 e. The van der Waals surface area contributed by atoms with Gasteiger partial charge in [-0.25, -0.2) is 4.79 Å². The summed E-state index contributed by atoms with van der Waals surface area (Å²) in [6.45, 7) is 7.06. The summed E-state index contributed by atoms with van der Waals surface area (Å²) in [5.41, 5.74) is 1.53. The van der Waals surface area contributed by atoms with Crippen molar-refractivity contribution in [1.29, 1.82) is 0 Å². The maximum absolute atomic E-state index is 11.9. The molecule has 2 unspecified atom stereocenters. The van der Waals surface area contributed by atoms with Crippen LogP contribution in [0.3, 0.4) is 0 Å². The van der Waals surface area contributed by atoms with Crippen LogP contribution in [0, 0.1) is 0 Å². The number of ether oxygens (including phenoxy) is 5. The Labute approximate surface area is 262 Å². The summed E-state index contributed by atoms with van der Waals surface area (Å²) in [5.74, 6) is -2.39. The van der Waals surface area contributed by atoms with Gasteiger partial charge in [0.05, 0.1) is 25.9 Å². The molecule has 0 aromatic heterocycles. The van der Waals surface area contributed by atoms with E-state index in [0.717, 1.165) is 10.5 Å². The number of carboxylic acids is 1. The third kappa shape index (κ3) is 13.8. The van der Waals surface area contributed by atoms with Gasteiger partial charge in [0.2, 0.25) is 12.2 Å². The third-order valence-corrected chi connectivity index (χ3v) is 6.51. The lowest BCUT2D eigenvalue weighted by molar-refractivity contribution is -0.195. The molecular formula is C31H44N2O12. The molecule has 3 rings (SSSR count). The van der Waals surface area contributed by atoms with E-state index in [2.05, 4.69) is 5.32 Å². The van der Waals surface area contributed by atoms with Gasteiger partial charge in [-0.15, -0.1) is 0 Å². The molecule has 1 aromatic rings. The Balaban J connectivity index is 0.00000345. The standard InChI is InChI=1S/C29H38N2O12.C2H6/c1-19(32)41-18-21-15-20(4-5-23(21)42-28-17-22(33)16-24(43-28)29(37)38)3-2-11-39-13-14-40-12-9-30-25(34)8-10-31-26(35)6-7-27(31)36;1-2/h4-7,15,22,24,28,33H,2-3,8-14,16-18H2,1H3,(H,30,34)(H,37,38);1-2H3/t22?,24?,28-;/m1./s1. The minimum atomic E-state index is -1.18. The van der Waals surface area contributed by atoms with E-state index >= 15 is 0 Å². The number of nitrogens with zero attached hydrogens (tertiary/aromatic N) is 1. The topological polar surface area (TPSA) is 187 Å². The van der Waals surface area contributed by atoms with E-state index < -0.39 is 42.3 Å². The van der Waals surface area contributed by atoms with Crippen LogP contribution in [0.2, 0.25) is 0 Å². The highest BCUT2D eigenvalue weighted by Crippen LogP contribution is 2.28. The van der Waals surface area contributed by atoms with Crippen LogP contribution < -0.4 is 10.1 Å². The van der Waals surface area contributed by atoms with Gasteiger partial charge in [-0.05, 0) is 30.5 Å². The van der Waals surface area contributed by atoms with Gasteiger partial charge in [0, 0.05) is 63.6 Å². The van der Waals surface area contributed by atoms with Gasteiger partial charge in [0.1, 0.15) is 12.4 Å². The van der Waals surface area contributed by atoms with Gasteiger partial charge in [-0.3, -0.25) is 24.1 Å². The van der Waals surface area contributed by atoms with Gasteiger partial charge in [0.15, 0.2) is 6.10 Å². The van der Waals surface area contributed by atoms with Crippen molar-refractivity contribution in [2.24, 2.45) is 0 Å². The second kappa shape index (κ2) is 20.2. The van der Waals surface area contributed by atoms with E-state index in [1.807, 2.05) is 26.0 Å². The van der Waals surface area contributed by atoms with Crippen molar-refractivity contribution in [1.82, 2.24) is 10.2 Å². The lowest BCUT2D eigenvalue weighted by Crippen LogP contribution is -2.42. The van der Waals surface area contributed by atoms with Crippen molar-refractivity contribution >= 4 is 29.7 Å². The second-order valence-electron chi connectivity index (χ2n) is 9.95. The van der Waals surface area contributed by atoms with Crippen LogP contribution in [-0.4, -0.2) is 103 Å². The molecule has 1 saturated heterocycles. The smallest absolute Gasteiger partial charge is 0.333 e. The molecule has 3 N–H and O–H groups in total. The average molecular weight is 637 g/mol. The summed E-state index contributed by atoms with van der Waals surface area (Å²) in [6, 6.07) is 5.38. The van der Waals surface area contributed by atoms with Crippen LogP contribution in [0.15, 0.2) is 30.4 Å². The first-order valence-electron chi connectivity index (χ1n) is 15.1. The van der Waals surface area contributed by atoms with Gasteiger partial charge in [-0.2, -0.15) is 0 Å². The minimum absolute atomic E-state index is 0.0199. The molecule has 0 radical (unpaired) electrons. The highest BCUT2D eigenvalue weighted by Gasteiger charge is 2.34. The summed E-state index contributed by atoms with van der Waals surface area (Å²) < 4.78 is 27.5. The maximum atomic E-state index is 11.9. The van der Waals surface area contributed by atoms with Crippen LogP contribution in [0.4, 0.5) is 0 Å². The summed E-state index contributed by atoms with van der Waals surface area (Å²) >= 11 is 0. The van der Waals surface area contributed by atoms with Gasteiger partial charge < -0.3 is 39.2 Å². The molecule has 2 heterocycles. The van der Waals surface area contributed by atoms with E-state index in [9.17, 15) is 34.2 Å². The van der Waals surface area contributed by atoms with E-state index in [0.29, 0.717) is 57.1 Å². The lowest BCUT2D eigenvalue weighted by atomic mass is 10.0. The molecule has 2 aliphatic heterocycles. The van der Waals surface area contributed by atoms with E-state index in [1.165, 1.54) is 19.1 Å². The van der Waals surface area contributed by atoms with E-state index in [4.69, 9.17) is 23.7 Å². The number of amides is 3. The number of aliphatic hydroxyl groups is 1. The monoisotopic (exact) mass is 636 g/mol. The second-order valence-corrected chi connectivity index (χ2v) is 9.95. The van der Waals surface area contributed by atoms with Gasteiger partial charge in [-0.1, -0.05) is 19.9 Å². The number of benzene rings is 1. The maximum Gasteiger partial charge on any atom is 0.333 e. The Bertz CT molecular complexity index is 1150. The van der Waals surface area contributed by atoms with Crippen LogP contribution >= 0.6 is 0 Å². The summed E-state index contributed by atoms with van der Waals surface area (Å²) in [6.07, 6.45) is 0.831. The quantitative estimate of drug-likeness (QED) is 0.120. The molecule has 14 nitrogen and oxygen atoms in total. The fourth-order valence-corrected chi connectivity index (χ4v) is 4.35. The number of aryl methyl sites for hydroxylation is 1. The zero-order chi connectivity index (χ0) is 33.2. The van der Waals surface area contributed by atoms with Gasteiger partial charge in [0.25, 0.3) is 11.8 Å². The molecule has 0 saturated carbocycles. The molecular weight excluding hydrogens is 592 g/mol. The Morgan fingerprint density at radius 1 is 1.02 bits per heavy atom. The lowest BCUT2D eigenvalue weighted by Gasteiger charge is -2.31. The van der Waals surface area contributed by atoms with Gasteiger partial charge >= 0.3 is 11.9 Å². The number of aliphatic hydroxyl groups excluding tert-OH is 1. The number of hydrogen-bond donors (Lipinski definition) is 3. The molecule has 0 spiro atoms. The molecule has 250 valence electrons. The van der Waals surface area contributed by atoms with Crippen molar-refractivity contribution in [3.05, 3.63) is 41.5 Å². The molecule has 3 amide bonds. The number of carbonyl (C=O) groups excluding carboxylic acids is 4. The highest BCUT2D eigenvalue weighted by molar-refractivity contribution is 6.13. The highest BCUT2D eigenvalue weighted by atomic mass is 16.7. The number of aliphatic carboxylic acids is 1. The zero-order valence-electron chi connectivity index (χ0n) is 26.0. The molecule has 2 aliphatic rings. The third-order valence-electron chi connectivity index (χ3n) is 6.51. The Kier molecular flexibility index (Phi) is 16.8. The van der Waals surface area contributed by atoms with Crippen LogP contribution in [0.1, 0.15) is 57.6 Å². The summed E-state index contributed by atoms with van der Waals surface area (Å²) in [7, 11) is 0. The first-order chi connectivity index (χ1) is 21.6. The van der Waals surface area contributed by atoms with Crippen molar-refractivity contribution in [2.45, 2.75) is 78.0 Å². The fraction of sp³-hybridized carbons (Fsp3) is 0.581. The zero-order valence-corrected chi connectivity index (χ0v) is 26.0. The number of esters is 1. The number of nitrogens with one attached hydrogen (secondary N) is 1. The Morgan fingerprint density at radius 2 is 1.71 bits per heavy atom. The normalized spacial score (nSPS) is 19.1. The number of imide groups is 1. The number of hydrogen-bond acceptors (Lipinski definition) is 11. The van der Waals surface area contributed by atoms with E-state index in [1.54, 1.807) is 6.07 Å². The fourth-order valence-electron chi connectivity index (χ4n) is 4.35. The first kappa shape index (κ1) is 37.3. The molecule has 1 fully saturated rings. The molecule has 1 aromatic carbocycles. The van der Waals surface area contributed by atoms with Crippen molar-refractivity contribution in [2.75, 3.05) is 39.5 Å². The van der Waals surface area contributed by atoms with Crippen LogP contribution in [0.5, 0.6) is 5.75 Å². The molecule has 45 heavy (non-hydrogen) atoms. The van der Waals surface area contributed by atoms with Crippen LogP contribution in [0.25, 0.3) is 0 Å². The summed E-state index contributed by atoms with van der Waals surface area (Å²) in [4.78, 5) is 58.5. The summed E-state index contributed by atoms with van der Waals surface area (Å²) in [5, 5.41) is 21.9. The Morgan fingerprint density at radius 3 is 2.38 bits per heavy atom. The Hall–Kier alpha value is -3.85. The van der Waals surface area contributed by atoms with Crippen molar-refractivity contribution in [3.63, 3.8) is 0 Å². The minimum Gasteiger partial charge on any atom is -0.479 e. The number of carboxylic acid groups (broad SMARTS) is 1. The SMILES string of the molecule is CC.CC(=O)OCc1cc(CCCOCCOCCNC(=O)CCN2C(=O)C=CC2=O)ccc1O[C@H]1CC(O)CC(C(=O)O)O1. The molecule has 14 heteroatoms. The molecule has 0 aliphatic carbocycles. The molecule has 0 bridgehead atoms. The predicted molar refractivity (Wildman–Crippen MR) is 159 cm³/mol. The number of rotatable bonds is 18. The number of carbonyl (C=O) groups is 5. The average Bonchev–Trinajstić information content (AvgIpc) is 3.33. The van der Waals surface area contributed by atoms with E-state index in [-0.39, 0.29) is 38.3 Å². The predicted octanol–water partition coefficient (Wildman–Crippen LogP) is 1.50. The van der Waals surface area contributed by atoms with Crippen molar-refractivity contribution < 1.29 is 57.9 Å². The molecule has 3 atom stereocenters. The van der Waals surface area contributed by atoms with Crippen LogP contribution in [-0.2, 0) is 55.9 Å².